The lowest BCUT2D eigenvalue weighted by atomic mass is 9.72. The average Bonchev–Trinajstić information content (AvgIpc) is 2.84. The second-order valence-electron chi connectivity index (χ2n) is 7.79. The van der Waals surface area contributed by atoms with Gasteiger partial charge in [0.1, 0.15) is 11.5 Å². The summed E-state index contributed by atoms with van der Waals surface area (Å²) in [4.78, 5) is 2.44. The number of allylic oxidation sites excluding steroid dienone is 1. The van der Waals surface area contributed by atoms with Gasteiger partial charge in [-0.3, -0.25) is 0 Å². The molecule has 30 heavy (non-hydrogen) atoms. The molecule has 3 aromatic carbocycles. The molecule has 1 aliphatic heterocycles. The van der Waals surface area contributed by atoms with Crippen LogP contribution >= 0.6 is 0 Å². The van der Waals surface area contributed by atoms with Crippen molar-refractivity contribution in [3.8, 4) is 11.5 Å². The summed E-state index contributed by atoms with van der Waals surface area (Å²) in [6.07, 6.45) is 6.72. The molecule has 3 heteroatoms. The lowest BCUT2D eigenvalue weighted by molar-refractivity contribution is 0.387. The zero-order chi connectivity index (χ0) is 20.8. The Balaban J connectivity index is 1.64. The second kappa shape index (κ2) is 9.08. The molecule has 0 amide bonds. The molecule has 1 saturated heterocycles. The summed E-state index contributed by atoms with van der Waals surface area (Å²) in [5, 5.41) is 0. The first kappa shape index (κ1) is 20.1. The number of nitrogens with zero attached hydrogens (tertiary/aromatic N) is 1. The number of methoxy groups -OCH3 is 2. The second-order valence-corrected chi connectivity index (χ2v) is 7.79. The minimum absolute atomic E-state index is 0.0249. The molecule has 0 spiro atoms. The van der Waals surface area contributed by atoms with Crippen LogP contribution in [0.5, 0.6) is 11.5 Å². The molecule has 0 bridgehead atoms. The third kappa shape index (κ3) is 4.20. The van der Waals surface area contributed by atoms with Crippen molar-refractivity contribution in [3.63, 3.8) is 0 Å². The van der Waals surface area contributed by atoms with E-state index in [0.29, 0.717) is 0 Å². The number of piperidine rings is 1. The highest BCUT2D eigenvalue weighted by Crippen LogP contribution is 2.41. The van der Waals surface area contributed by atoms with E-state index in [0.717, 1.165) is 37.4 Å². The number of anilines is 1. The van der Waals surface area contributed by atoms with E-state index in [-0.39, 0.29) is 5.41 Å². The smallest absolute Gasteiger partial charge is 0.142 e. The van der Waals surface area contributed by atoms with Crippen molar-refractivity contribution in [2.75, 3.05) is 32.2 Å². The van der Waals surface area contributed by atoms with Crippen LogP contribution in [0.15, 0.2) is 84.9 Å². The molecule has 154 valence electrons. The Kier molecular flexibility index (Phi) is 6.08. The van der Waals surface area contributed by atoms with Gasteiger partial charge in [-0.1, -0.05) is 66.7 Å². The number of para-hydroxylation sites is 2. The third-order valence-electron chi connectivity index (χ3n) is 6.12. The maximum atomic E-state index is 5.60. The molecule has 0 aromatic heterocycles. The quantitative estimate of drug-likeness (QED) is 0.511. The Morgan fingerprint density at radius 1 is 0.800 bits per heavy atom. The van der Waals surface area contributed by atoms with E-state index in [1.54, 1.807) is 14.2 Å². The van der Waals surface area contributed by atoms with Gasteiger partial charge in [0.15, 0.2) is 0 Å². The van der Waals surface area contributed by atoms with Crippen LogP contribution in [0.1, 0.15) is 24.0 Å². The van der Waals surface area contributed by atoms with E-state index in [1.165, 1.54) is 16.8 Å². The summed E-state index contributed by atoms with van der Waals surface area (Å²) in [6.45, 7) is 1.94. The summed E-state index contributed by atoms with van der Waals surface area (Å²) < 4.78 is 11.1. The normalized spacial score (nSPS) is 15.9. The molecule has 3 aromatic rings. The highest BCUT2D eigenvalue weighted by atomic mass is 16.5. The zero-order valence-electron chi connectivity index (χ0n) is 17.8. The fourth-order valence-corrected chi connectivity index (χ4v) is 4.34. The van der Waals surface area contributed by atoms with Gasteiger partial charge in [-0.15, -0.1) is 0 Å². The molecule has 0 radical (unpaired) electrons. The minimum atomic E-state index is -0.0249. The van der Waals surface area contributed by atoms with Crippen molar-refractivity contribution in [1.82, 2.24) is 0 Å². The molecular formula is C27H29NO2. The largest absolute Gasteiger partial charge is 0.497 e. The van der Waals surface area contributed by atoms with Gasteiger partial charge >= 0.3 is 0 Å². The summed E-state index contributed by atoms with van der Waals surface area (Å²) in [7, 11) is 3.47. The average molecular weight is 400 g/mol. The molecular weight excluding hydrogens is 370 g/mol. The van der Waals surface area contributed by atoms with Crippen molar-refractivity contribution in [2.45, 2.75) is 18.3 Å². The fourth-order valence-electron chi connectivity index (χ4n) is 4.34. The van der Waals surface area contributed by atoms with Crippen LogP contribution in [-0.2, 0) is 5.41 Å². The number of benzene rings is 3. The van der Waals surface area contributed by atoms with Gasteiger partial charge < -0.3 is 14.4 Å². The number of hydrogen-bond donors (Lipinski definition) is 0. The number of rotatable bonds is 6. The van der Waals surface area contributed by atoms with Crippen LogP contribution in [-0.4, -0.2) is 27.3 Å². The molecule has 4 rings (SSSR count). The van der Waals surface area contributed by atoms with Gasteiger partial charge in [-0.05, 0) is 48.2 Å². The van der Waals surface area contributed by atoms with Crippen molar-refractivity contribution in [3.05, 3.63) is 96.1 Å². The van der Waals surface area contributed by atoms with E-state index in [1.807, 2.05) is 18.2 Å². The monoisotopic (exact) mass is 399 g/mol. The van der Waals surface area contributed by atoms with E-state index in [4.69, 9.17) is 9.47 Å². The fraction of sp³-hybridized carbons (Fsp3) is 0.259. The summed E-state index contributed by atoms with van der Waals surface area (Å²) >= 11 is 0. The van der Waals surface area contributed by atoms with Gasteiger partial charge in [-0.25, -0.2) is 0 Å². The standard InChI is InChI=1S/C27H29NO2/c1-29-24-12-8-11-23(21-24)27(16-15-22-9-4-3-5-10-22)17-19-28(20-18-27)25-13-6-7-14-26(25)30-2/h3-16,21H,17-20H2,1-2H3. The first-order valence-corrected chi connectivity index (χ1v) is 10.5. The Bertz CT molecular complexity index is 989. The molecule has 1 heterocycles. The Morgan fingerprint density at radius 3 is 2.27 bits per heavy atom. The topological polar surface area (TPSA) is 21.7 Å². The summed E-state index contributed by atoms with van der Waals surface area (Å²) in [5.74, 6) is 1.85. The van der Waals surface area contributed by atoms with Crippen LogP contribution in [0.3, 0.4) is 0 Å². The predicted octanol–water partition coefficient (Wildman–Crippen LogP) is 5.96. The van der Waals surface area contributed by atoms with Crippen molar-refractivity contribution in [1.29, 1.82) is 0 Å². The first-order valence-electron chi connectivity index (χ1n) is 10.5. The lowest BCUT2D eigenvalue weighted by Gasteiger charge is -2.42. The molecule has 3 nitrogen and oxygen atoms in total. The molecule has 0 unspecified atom stereocenters. The Labute approximate surface area is 179 Å². The Morgan fingerprint density at radius 2 is 1.53 bits per heavy atom. The number of ether oxygens (including phenoxy) is 2. The molecule has 0 aliphatic carbocycles. The predicted molar refractivity (Wildman–Crippen MR) is 125 cm³/mol. The van der Waals surface area contributed by atoms with E-state index >= 15 is 0 Å². The van der Waals surface area contributed by atoms with Crippen molar-refractivity contribution < 1.29 is 9.47 Å². The summed E-state index contributed by atoms with van der Waals surface area (Å²) in [6, 6.07) is 27.4. The van der Waals surface area contributed by atoms with E-state index < -0.39 is 0 Å². The van der Waals surface area contributed by atoms with Gasteiger partial charge in [0.25, 0.3) is 0 Å². The van der Waals surface area contributed by atoms with Crippen LogP contribution < -0.4 is 14.4 Å². The maximum absolute atomic E-state index is 5.60. The van der Waals surface area contributed by atoms with Crippen molar-refractivity contribution >= 4 is 11.8 Å². The molecule has 0 saturated carbocycles. The van der Waals surface area contributed by atoms with Crippen LogP contribution in [0.4, 0.5) is 5.69 Å². The Hall–Kier alpha value is -3.20. The minimum Gasteiger partial charge on any atom is -0.497 e. The van der Waals surface area contributed by atoms with E-state index in [2.05, 4.69) is 77.7 Å². The van der Waals surface area contributed by atoms with Gasteiger partial charge in [0.05, 0.1) is 19.9 Å². The lowest BCUT2D eigenvalue weighted by Crippen LogP contribution is -2.41. The maximum Gasteiger partial charge on any atom is 0.142 e. The number of hydrogen-bond acceptors (Lipinski definition) is 3. The van der Waals surface area contributed by atoms with Gasteiger partial charge in [0.2, 0.25) is 0 Å². The molecule has 0 atom stereocenters. The van der Waals surface area contributed by atoms with Gasteiger partial charge in [0, 0.05) is 18.5 Å². The first-order chi connectivity index (χ1) is 14.7. The van der Waals surface area contributed by atoms with Crippen molar-refractivity contribution in [2.24, 2.45) is 0 Å². The van der Waals surface area contributed by atoms with Gasteiger partial charge in [-0.2, -0.15) is 0 Å². The molecule has 1 aliphatic rings. The summed E-state index contributed by atoms with van der Waals surface area (Å²) in [5.41, 5.74) is 3.69. The molecule has 1 fully saturated rings. The highest BCUT2D eigenvalue weighted by Gasteiger charge is 2.35. The third-order valence-corrected chi connectivity index (χ3v) is 6.12. The zero-order valence-corrected chi connectivity index (χ0v) is 17.8. The SMILES string of the molecule is COc1cccc(C2(C=Cc3ccccc3)CCN(c3ccccc3OC)CC2)c1. The van der Waals surface area contributed by atoms with E-state index in [9.17, 15) is 0 Å². The van der Waals surface area contributed by atoms with Crippen LogP contribution in [0.2, 0.25) is 0 Å². The van der Waals surface area contributed by atoms with Crippen LogP contribution in [0.25, 0.3) is 6.08 Å². The van der Waals surface area contributed by atoms with Crippen LogP contribution in [0, 0.1) is 0 Å². The highest BCUT2D eigenvalue weighted by molar-refractivity contribution is 5.60. The molecule has 0 N–H and O–H groups in total.